The van der Waals surface area contributed by atoms with Crippen molar-refractivity contribution in [2.75, 3.05) is 10.6 Å². The lowest BCUT2D eigenvalue weighted by atomic mass is 9.89. The van der Waals surface area contributed by atoms with E-state index in [1.165, 1.54) is 85.0 Å². The van der Waals surface area contributed by atoms with Crippen molar-refractivity contribution in [3.8, 4) is 0 Å². The first-order valence-electron chi connectivity index (χ1n) is 15.1. The second kappa shape index (κ2) is 13.8. The van der Waals surface area contributed by atoms with Crippen LogP contribution in [0.4, 0.5) is 16.2 Å². The molecule has 52 heavy (non-hydrogen) atoms. The Hall–Kier alpha value is -6.27. The number of hydrogen-bond acceptors (Lipinski definition) is 9. The highest BCUT2D eigenvalue weighted by atomic mass is 32.2. The van der Waals surface area contributed by atoms with E-state index in [0.717, 1.165) is 12.2 Å². The Morgan fingerprint density at radius 2 is 0.981 bits per heavy atom. The lowest BCUT2D eigenvalue weighted by Crippen LogP contribution is -2.20. The van der Waals surface area contributed by atoms with E-state index >= 15 is 0 Å². The molecule has 0 aliphatic heterocycles. The van der Waals surface area contributed by atoms with Crippen molar-refractivity contribution in [2.45, 2.75) is 12.8 Å². The van der Waals surface area contributed by atoms with Crippen LogP contribution in [0.2, 0.25) is 0 Å². The van der Waals surface area contributed by atoms with Gasteiger partial charge in [0.15, 0.2) is 0 Å². The molecule has 4 aliphatic carbocycles. The molecule has 4 aliphatic rings. The number of rotatable bonds is 6. The van der Waals surface area contributed by atoms with Gasteiger partial charge in [-0.05, 0) is 71.8 Å². The zero-order valence-electron chi connectivity index (χ0n) is 26.5. The summed E-state index contributed by atoms with van der Waals surface area (Å²) in [5.41, 5.74) is 1.69. The van der Waals surface area contributed by atoms with Gasteiger partial charge in [0.05, 0.1) is 9.81 Å². The summed E-state index contributed by atoms with van der Waals surface area (Å²) in [4.78, 5) is 46.7. The van der Waals surface area contributed by atoms with E-state index in [1.807, 2.05) is 0 Å². The number of anilines is 2. The van der Waals surface area contributed by atoms with Gasteiger partial charge in [-0.1, -0.05) is 36.4 Å². The number of aliphatic imine (C=N–C) groups is 2. The maximum Gasteiger partial charge on any atom is 0.323 e. The Balaban J connectivity index is 1.15. The maximum atomic E-state index is 13.1. The number of urea groups is 1. The molecule has 15 nitrogen and oxygen atoms in total. The van der Waals surface area contributed by atoms with Gasteiger partial charge in [0, 0.05) is 46.5 Å². The van der Waals surface area contributed by atoms with Crippen LogP contribution in [0.15, 0.2) is 151 Å². The minimum absolute atomic E-state index is 0.0438. The van der Waals surface area contributed by atoms with Crippen molar-refractivity contribution >= 4 is 60.9 Å². The van der Waals surface area contributed by atoms with Gasteiger partial charge in [-0.25, -0.2) is 14.8 Å². The molecular formula is C35H26N4O11S2. The quantitative estimate of drug-likeness (QED) is 0.203. The van der Waals surface area contributed by atoms with Crippen LogP contribution >= 0.6 is 0 Å². The molecule has 4 amide bonds. The van der Waals surface area contributed by atoms with Gasteiger partial charge < -0.3 is 20.8 Å². The largest absolute Gasteiger partial charge is 0.506 e. The number of allylic oxidation sites excluding steroid dienone is 14. The number of aliphatic hydroxyl groups is 2. The molecule has 264 valence electrons. The fraction of sp³-hybridized carbons (Fsp3) is 0.0571. The van der Waals surface area contributed by atoms with Gasteiger partial charge in [0.1, 0.15) is 22.9 Å². The number of nitrogens with one attached hydrogen (secondary N) is 2. The summed E-state index contributed by atoms with van der Waals surface area (Å²) in [6.07, 6.45) is 10.1. The Bertz CT molecular complexity index is 2360. The Morgan fingerprint density at radius 1 is 0.577 bits per heavy atom. The van der Waals surface area contributed by atoms with Crippen LogP contribution in [-0.4, -0.2) is 65.4 Å². The smallest absolute Gasteiger partial charge is 0.323 e. The monoisotopic (exact) mass is 742 g/mol. The second-order valence-corrected chi connectivity index (χ2v) is 14.4. The molecule has 0 unspecified atom stereocenters. The van der Waals surface area contributed by atoms with E-state index in [1.54, 1.807) is 0 Å². The van der Waals surface area contributed by atoms with E-state index in [2.05, 4.69) is 20.6 Å². The highest BCUT2D eigenvalue weighted by Gasteiger charge is 2.29. The third-order valence-electron chi connectivity index (χ3n) is 8.00. The van der Waals surface area contributed by atoms with Crippen LogP contribution < -0.4 is 10.6 Å². The number of nitrogens with zero attached hydrogens (tertiary/aromatic N) is 2. The number of aliphatic hydroxyl groups excluding tert-OH is 2. The number of hydrogen-bond donors (Lipinski definition) is 6. The fourth-order valence-corrected chi connectivity index (χ4v) is 6.63. The van der Waals surface area contributed by atoms with Crippen LogP contribution in [0.1, 0.15) is 33.6 Å². The average Bonchev–Trinajstić information content (AvgIpc) is 3.09. The maximum absolute atomic E-state index is 13.1. The van der Waals surface area contributed by atoms with Gasteiger partial charge in [0.25, 0.3) is 32.1 Å². The molecule has 0 atom stereocenters. The lowest BCUT2D eigenvalue weighted by molar-refractivity contribution is 0.0994. The molecule has 0 saturated carbocycles. The summed E-state index contributed by atoms with van der Waals surface area (Å²) in [5.74, 6) is -2.23. The summed E-state index contributed by atoms with van der Waals surface area (Å²) in [6, 6.07) is 10.8. The standard InChI is InChI=1S/C35H26N4O11S2/c40-29-13-7-19-17-25(51(45,46)47)9-11-27(19)31(29)38-33(42)21-3-1-5-23(15-21)36-35(44)37-24-6-2-4-22(16-24)34(43)39-32-28-12-10-26(52(48,49)50)18-20(28)8-14-30(32)41/h1-16,40-41H,17-18H2,(H2,36,37,44)(H,45,46,47)(H,48,49,50). The van der Waals surface area contributed by atoms with Crippen LogP contribution in [0.3, 0.4) is 0 Å². The molecule has 0 heterocycles. The molecule has 0 bridgehead atoms. The first-order valence-corrected chi connectivity index (χ1v) is 18.0. The highest BCUT2D eigenvalue weighted by molar-refractivity contribution is 7.90. The number of carbonyl (C=O) groups is 3. The molecule has 0 fully saturated rings. The molecule has 2 aromatic rings. The first kappa shape index (κ1) is 35.6. The topological polar surface area (TPSA) is 249 Å². The van der Waals surface area contributed by atoms with E-state index < -0.39 is 38.1 Å². The van der Waals surface area contributed by atoms with Crippen molar-refractivity contribution in [3.63, 3.8) is 0 Å². The highest BCUT2D eigenvalue weighted by Crippen LogP contribution is 2.34. The molecule has 0 spiro atoms. The Kier molecular flexibility index (Phi) is 9.44. The molecule has 0 radical (unpaired) electrons. The Labute approximate surface area is 296 Å². The van der Waals surface area contributed by atoms with Crippen LogP contribution in [-0.2, 0) is 20.2 Å². The fourth-order valence-electron chi connectivity index (χ4n) is 5.48. The molecule has 2 aromatic carbocycles. The number of amides is 4. The first-order chi connectivity index (χ1) is 24.6. The average molecular weight is 743 g/mol. The van der Waals surface area contributed by atoms with Crippen molar-refractivity contribution in [1.82, 2.24) is 0 Å². The lowest BCUT2D eigenvalue weighted by Gasteiger charge is -2.21. The minimum atomic E-state index is -4.44. The predicted octanol–water partition coefficient (Wildman–Crippen LogP) is 5.46. The van der Waals surface area contributed by atoms with Crippen molar-refractivity contribution in [3.05, 3.63) is 152 Å². The molecule has 0 aromatic heterocycles. The summed E-state index contributed by atoms with van der Waals surface area (Å²) >= 11 is 0. The second-order valence-electron chi connectivity index (χ2n) is 11.5. The predicted molar refractivity (Wildman–Crippen MR) is 191 cm³/mol. The van der Waals surface area contributed by atoms with Gasteiger partial charge in [-0.15, -0.1) is 0 Å². The summed E-state index contributed by atoms with van der Waals surface area (Å²) in [6.45, 7) is 0. The van der Waals surface area contributed by atoms with Crippen molar-refractivity contribution < 1.29 is 50.5 Å². The molecular weight excluding hydrogens is 717 g/mol. The molecule has 6 N–H and O–H groups in total. The summed E-state index contributed by atoms with van der Waals surface area (Å²) in [5, 5.41) is 26.0. The molecule has 0 saturated heterocycles. The van der Waals surface area contributed by atoms with Crippen molar-refractivity contribution in [1.29, 1.82) is 0 Å². The van der Waals surface area contributed by atoms with Crippen LogP contribution in [0.25, 0.3) is 0 Å². The third kappa shape index (κ3) is 7.72. The van der Waals surface area contributed by atoms with Crippen LogP contribution in [0.5, 0.6) is 0 Å². The van der Waals surface area contributed by atoms with E-state index in [-0.39, 0.29) is 68.1 Å². The number of benzene rings is 2. The molecule has 17 heteroatoms. The summed E-state index contributed by atoms with van der Waals surface area (Å²) in [7, 11) is -8.88. The van der Waals surface area contributed by atoms with Crippen LogP contribution in [0, 0.1) is 0 Å². The normalized spacial score (nSPS) is 18.6. The minimum Gasteiger partial charge on any atom is -0.506 e. The van der Waals surface area contributed by atoms with E-state index in [0.29, 0.717) is 22.3 Å². The van der Waals surface area contributed by atoms with Gasteiger partial charge >= 0.3 is 6.03 Å². The zero-order valence-corrected chi connectivity index (χ0v) is 28.1. The zero-order chi connectivity index (χ0) is 37.4. The van der Waals surface area contributed by atoms with Gasteiger partial charge in [-0.3, -0.25) is 18.7 Å². The number of fused-ring (bicyclic) bond motifs is 2. The van der Waals surface area contributed by atoms with Gasteiger partial charge in [0.2, 0.25) is 0 Å². The Morgan fingerprint density at radius 3 is 1.37 bits per heavy atom. The van der Waals surface area contributed by atoms with E-state index in [4.69, 9.17) is 0 Å². The number of carbonyl (C=O) groups excluding carboxylic acids is 3. The third-order valence-corrected chi connectivity index (χ3v) is 9.88. The van der Waals surface area contributed by atoms with E-state index in [9.17, 15) is 50.5 Å². The molecule has 6 rings (SSSR count). The summed E-state index contributed by atoms with van der Waals surface area (Å²) < 4.78 is 65.0. The van der Waals surface area contributed by atoms with Gasteiger partial charge in [-0.2, -0.15) is 16.8 Å². The van der Waals surface area contributed by atoms with Crippen molar-refractivity contribution in [2.24, 2.45) is 9.98 Å². The SMILES string of the molecule is O=C(Nc1cccc(C(=O)N=C2C(O)=CC=C3CC(S(=O)(=O)O)=CC=C32)c1)Nc1cccc(C(=O)N=C2C(O)=CC=C3CC(S(=O)(=O)O)=CC=C32)c1.